The Kier molecular flexibility index (Phi) is 4.06. The van der Waals surface area contributed by atoms with Crippen molar-refractivity contribution in [3.05, 3.63) is 35.9 Å². The van der Waals surface area contributed by atoms with Crippen molar-refractivity contribution in [3.63, 3.8) is 0 Å². The van der Waals surface area contributed by atoms with Crippen LogP contribution in [0.4, 0.5) is 0 Å². The molecule has 20 heavy (non-hydrogen) atoms. The molecule has 1 aliphatic carbocycles. The number of carboxylic acid groups (broad SMARTS) is 1. The summed E-state index contributed by atoms with van der Waals surface area (Å²) in [6, 6.07) is 10.2. The van der Waals surface area contributed by atoms with Gasteiger partial charge < -0.3 is 5.11 Å². The highest BCUT2D eigenvalue weighted by Gasteiger charge is 2.35. The first kappa shape index (κ1) is 13.6. The molecule has 2 atom stereocenters. The summed E-state index contributed by atoms with van der Waals surface area (Å²) in [6.07, 6.45) is 5.65. The lowest BCUT2D eigenvalue weighted by Crippen LogP contribution is -2.41. The summed E-state index contributed by atoms with van der Waals surface area (Å²) in [5, 5.41) is 9.52. The summed E-state index contributed by atoms with van der Waals surface area (Å²) in [6.45, 7) is 1.82. The first-order chi connectivity index (χ1) is 9.74. The minimum Gasteiger partial charge on any atom is -0.480 e. The molecule has 0 spiro atoms. The van der Waals surface area contributed by atoms with E-state index in [2.05, 4.69) is 29.2 Å². The van der Waals surface area contributed by atoms with Crippen molar-refractivity contribution in [2.45, 2.75) is 44.1 Å². The van der Waals surface area contributed by atoms with E-state index in [1.165, 1.54) is 24.8 Å². The van der Waals surface area contributed by atoms with Gasteiger partial charge in [-0.05, 0) is 36.8 Å². The Morgan fingerprint density at radius 2 is 2.00 bits per heavy atom. The molecule has 1 N–H and O–H groups in total. The fourth-order valence-electron chi connectivity index (χ4n) is 3.52. The molecule has 1 aliphatic heterocycles. The fourth-order valence-corrected chi connectivity index (χ4v) is 3.52. The van der Waals surface area contributed by atoms with Crippen LogP contribution >= 0.6 is 0 Å². The van der Waals surface area contributed by atoms with Crippen LogP contribution in [-0.4, -0.2) is 35.1 Å². The van der Waals surface area contributed by atoms with Crippen molar-refractivity contribution in [1.82, 2.24) is 4.90 Å². The van der Waals surface area contributed by atoms with Gasteiger partial charge in [0.05, 0.1) is 0 Å². The lowest BCUT2D eigenvalue weighted by Gasteiger charge is -2.32. The number of benzene rings is 1. The monoisotopic (exact) mass is 273 g/mol. The van der Waals surface area contributed by atoms with Gasteiger partial charge in [0.1, 0.15) is 6.04 Å². The van der Waals surface area contributed by atoms with Gasteiger partial charge in [0.15, 0.2) is 0 Å². The molecular weight excluding hydrogens is 250 g/mol. The average Bonchev–Trinajstić information content (AvgIpc) is 2.87. The summed E-state index contributed by atoms with van der Waals surface area (Å²) in [5.74, 6) is 0.511. The van der Waals surface area contributed by atoms with E-state index in [0.717, 1.165) is 25.9 Å². The van der Waals surface area contributed by atoms with Crippen molar-refractivity contribution in [3.8, 4) is 0 Å². The SMILES string of the molecule is O=C(O)C(CC1CCC1)N1CCC(c2ccccc2)C1. The van der Waals surface area contributed by atoms with Crippen molar-refractivity contribution >= 4 is 5.97 Å². The number of aliphatic carboxylic acids is 1. The Bertz CT molecular complexity index is 455. The molecule has 0 bridgehead atoms. The molecule has 0 radical (unpaired) electrons. The summed E-state index contributed by atoms with van der Waals surface area (Å²) in [4.78, 5) is 13.8. The van der Waals surface area contributed by atoms with Crippen LogP contribution in [0.5, 0.6) is 0 Å². The molecule has 2 fully saturated rings. The van der Waals surface area contributed by atoms with E-state index < -0.39 is 5.97 Å². The first-order valence-electron chi connectivity index (χ1n) is 7.76. The van der Waals surface area contributed by atoms with Crippen LogP contribution in [-0.2, 0) is 4.79 Å². The average molecular weight is 273 g/mol. The predicted molar refractivity (Wildman–Crippen MR) is 78.8 cm³/mol. The van der Waals surface area contributed by atoms with E-state index in [1.807, 2.05) is 6.07 Å². The van der Waals surface area contributed by atoms with Gasteiger partial charge >= 0.3 is 5.97 Å². The molecule has 1 heterocycles. The Balaban J connectivity index is 1.63. The second-order valence-corrected chi connectivity index (χ2v) is 6.28. The zero-order valence-electron chi connectivity index (χ0n) is 11.9. The van der Waals surface area contributed by atoms with Gasteiger partial charge in [0, 0.05) is 6.54 Å². The normalized spacial score (nSPS) is 25.3. The van der Waals surface area contributed by atoms with E-state index in [-0.39, 0.29) is 6.04 Å². The summed E-state index contributed by atoms with van der Waals surface area (Å²) < 4.78 is 0. The molecule has 3 rings (SSSR count). The molecule has 1 aromatic rings. The van der Waals surface area contributed by atoms with E-state index in [9.17, 15) is 9.90 Å². The minimum absolute atomic E-state index is 0.269. The third kappa shape index (κ3) is 2.88. The Morgan fingerprint density at radius 3 is 2.60 bits per heavy atom. The van der Waals surface area contributed by atoms with Gasteiger partial charge in [0.2, 0.25) is 0 Å². The standard InChI is InChI=1S/C17H23NO2/c19-17(20)16(11-13-5-4-6-13)18-10-9-15(12-18)14-7-2-1-3-8-14/h1-3,7-8,13,15-16H,4-6,9-12H2,(H,19,20). The van der Waals surface area contributed by atoms with Crippen molar-refractivity contribution in [1.29, 1.82) is 0 Å². The minimum atomic E-state index is -0.634. The third-order valence-corrected chi connectivity index (χ3v) is 5.00. The fraction of sp³-hybridized carbons (Fsp3) is 0.588. The predicted octanol–water partition coefficient (Wildman–Crippen LogP) is 3.12. The Hall–Kier alpha value is -1.35. The number of hydrogen-bond donors (Lipinski definition) is 1. The highest BCUT2D eigenvalue weighted by molar-refractivity contribution is 5.73. The van der Waals surface area contributed by atoms with Crippen LogP contribution < -0.4 is 0 Å². The third-order valence-electron chi connectivity index (χ3n) is 5.00. The van der Waals surface area contributed by atoms with Crippen LogP contribution in [0, 0.1) is 5.92 Å². The van der Waals surface area contributed by atoms with Crippen LogP contribution in [0.1, 0.15) is 43.6 Å². The number of nitrogens with zero attached hydrogens (tertiary/aromatic N) is 1. The molecule has 3 heteroatoms. The maximum absolute atomic E-state index is 11.6. The van der Waals surface area contributed by atoms with Gasteiger partial charge in [0.25, 0.3) is 0 Å². The molecule has 2 unspecified atom stereocenters. The molecule has 0 amide bonds. The summed E-state index contributed by atoms with van der Waals surface area (Å²) in [5.41, 5.74) is 1.35. The van der Waals surface area contributed by atoms with Crippen molar-refractivity contribution < 1.29 is 9.90 Å². The lowest BCUT2D eigenvalue weighted by molar-refractivity contribution is -0.143. The zero-order chi connectivity index (χ0) is 13.9. The molecule has 0 aromatic heterocycles. The van der Waals surface area contributed by atoms with Gasteiger partial charge in [-0.3, -0.25) is 9.69 Å². The summed E-state index contributed by atoms with van der Waals surface area (Å²) in [7, 11) is 0. The highest BCUT2D eigenvalue weighted by atomic mass is 16.4. The molecular formula is C17H23NO2. The quantitative estimate of drug-likeness (QED) is 0.896. The maximum Gasteiger partial charge on any atom is 0.320 e. The number of rotatable bonds is 5. The summed E-state index contributed by atoms with van der Waals surface area (Å²) >= 11 is 0. The molecule has 1 saturated heterocycles. The van der Waals surface area contributed by atoms with Crippen LogP contribution in [0.15, 0.2) is 30.3 Å². The smallest absolute Gasteiger partial charge is 0.320 e. The number of hydrogen-bond acceptors (Lipinski definition) is 2. The van der Waals surface area contributed by atoms with E-state index >= 15 is 0 Å². The first-order valence-corrected chi connectivity index (χ1v) is 7.76. The number of carbonyl (C=O) groups is 1. The second kappa shape index (κ2) is 5.96. The Morgan fingerprint density at radius 1 is 1.25 bits per heavy atom. The van der Waals surface area contributed by atoms with Crippen LogP contribution in [0.3, 0.4) is 0 Å². The Labute approximate surface area is 120 Å². The van der Waals surface area contributed by atoms with Crippen LogP contribution in [0.25, 0.3) is 0 Å². The second-order valence-electron chi connectivity index (χ2n) is 6.28. The molecule has 1 saturated carbocycles. The highest BCUT2D eigenvalue weighted by Crippen LogP contribution is 2.34. The number of likely N-dealkylation sites (tertiary alicyclic amines) is 1. The van der Waals surface area contributed by atoms with Gasteiger partial charge in [-0.2, -0.15) is 0 Å². The van der Waals surface area contributed by atoms with Crippen molar-refractivity contribution in [2.75, 3.05) is 13.1 Å². The van der Waals surface area contributed by atoms with E-state index in [1.54, 1.807) is 0 Å². The van der Waals surface area contributed by atoms with Gasteiger partial charge in [-0.15, -0.1) is 0 Å². The number of carboxylic acids is 1. The van der Waals surface area contributed by atoms with Gasteiger partial charge in [-0.25, -0.2) is 0 Å². The topological polar surface area (TPSA) is 40.5 Å². The van der Waals surface area contributed by atoms with E-state index in [0.29, 0.717) is 11.8 Å². The maximum atomic E-state index is 11.6. The largest absolute Gasteiger partial charge is 0.480 e. The molecule has 1 aromatic carbocycles. The van der Waals surface area contributed by atoms with E-state index in [4.69, 9.17) is 0 Å². The molecule has 108 valence electrons. The zero-order valence-corrected chi connectivity index (χ0v) is 11.9. The molecule has 3 nitrogen and oxygen atoms in total. The van der Waals surface area contributed by atoms with Crippen molar-refractivity contribution in [2.24, 2.45) is 5.92 Å². The van der Waals surface area contributed by atoms with Crippen LogP contribution in [0.2, 0.25) is 0 Å². The van der Waals surface area contributed by atoms with Gasteiger partial charge in [-0.1, -0.05) is 49.6 Å². The molecule has 2 aliphatic rings. The lowest BCUT2D eigenvalue weighted by atomic mass is 9.80.